The quantitative estimate of drug-likeness (QED) is 0.678. The Bertz CT molecular complexity index is 303. The van der Waals surface area contributed by atoms with E-state index in [1.807, 2.05) is 17.8 Å². The lowest BCUT2D eigenvalue weighted by Gasteiger charge is -2.06. The van der Waals surface area contributed by atoms with Crippen molar-refractivity contribution in [2.75, 3.05) is 0 Å². The molecule has 0 saturated carbocycles. The zero-order chi connectivity index (χ0) is 10.4. The fraction of sp³-hybridized carbons (Fsp3) is 0.333. The molecular formula is C12H15BrS. The van der Waals surface area contributed by atoms with Gasteiger partial charge in [0.15, 0.2) is 0 Å². The van der Waals surface area contributed by atoms with Crippen molar-refractivity contribution in [1.29, 1.82) is 0 Å². The van der Waals surface area contributed by atoms with Crippen molar-refractivity contribution in [2.45, 2.75) is 31.6 Å². The summed E-state index contributed by atoms with van der Waals surface area (Å²) in [5.74, 6) is 0. The Morgan fingerprint density at radius 1 is 1.14 bits per heavy atom. The van der Waals surface area contributed by atoms with E-state index in [4.69, 9.17) is 0 Å². The van der Waals surface area contributed by atoms with Gasteiger partial charge < -0.3 is 0 Å². The predicted molar refractivity (Wildman–Crippen MR) is 68.8 cm³/mol. The number of hydrogen-bond acceptors (Lipinski definition) is 1. The molecule has 0 heterocycles. The first-order valence-electron chi connectivity index (χ1n) is 4.88. The summed E-state index contributed by atoms with van der Waals surface area (Å²) in [5, 5.41) is 0. The van der Waals surface area contributed by atoms with E-state index in [-0.39, 0.29) is 0 Å². The summed E-state index contributed by atoms with van der Waals surface area (Å²) in [5.41, 5.74) is 0. The third-order valence-corrected chi connectivity index (χ3v) is 4.51. The van der Waals surface area contributed by atoms with Crippen molar-refractivity contribution >= 4 is 27.7 Å². The van der Waals surface area contributed by atoms with Gasteiger partial charge in [0, 0.05) is 9.38 Å². The first-order chi connectivity index (χ1) is 6.77. The second-order valence-electron chi connectivity index (χ2n) is 2.95. The molecule has 0 radical (unpaired) electrons. The molecule has 0 aliphatic rings. The minimum Gasteiger partial charge on any atom is -0.0937 e. The van der Waals surface area contributed by atoms with E-state index in [9.17, 15) is 0 Å². The van der Waals surface area contributed by atoms with E-state index in [1.165, 1.54) is 14.3 Å². The van der Waals surface area contributed by atoms with Crippen molar-refractivity contribution in [1.82, 2.24) is 0 Å². The molecule has 0 fully saturated rings. The third kappa shape index (κ3) is 3.50. The highest BCUT2D eigenvalue weighted by molar-refractivity contribution is 9.11. The van der Waals surface area contributed by atoms with E-state index in [1.54, 1.807) is 0 Å². The molecule has 0 saturated heterocycles. The van der Waals surface area contributed by atoms with Crippen LogP contribution in [0.1, 0.15) is 26.7 Å². The maximum Gasteiger partial charge on any atom is 0.0119 e. The maximum atomic E-state index is 3.62. The smallest absolute Gasteiger partial charge is 0.0119 e. The van der Waals surface area contributed by atoms with Crippen LogP contribution in [0, 0.1) is 0 Å². The molecule has 0 aromatic heterocycles. The van der Waals surface area contributed by atoms with Crippen LogP contribution < -0.4 is 0 Å². The average molecular weight is 271 g/mol. The SMILES string of the molecule is CC/C(Br)=C(/CC)Sc1ccccc1. The summed E-state index contributed by atoms with van der Waals surface area (Å²) >= 11 is 5.47. The van der Waals surface area contributed by atoms with Gasteiger partial charge in [-0.2, -0.15) is 0 Å². The van der Waals surface area contributed by atoms with Crippen molar-refractivity contribution in [3.63, 3.8) is 0 Å². The molecule has 0 unspecified atom stereocenters. The molecule has 0 N–H and O–H groups in total. The van der Waals surface area contributed by atoms with Gasteiger partial charge in [-0.25, -0.2) is 0 Å². The van der Waals surface area contributed by atoms with Gasteiger partial charge in [-0.1, -0.05) is 59.7 Å². The molecule has 1 rings (SSSR count). The van der Waals surface area contributed by atoms with Gasteiger partial charge in [-0.15, -0.1) is 0 Å². The van der Waals surface area contributed by atoms with Gasteiger partial charge in [0.05, 0.1) is 0 Å². The fourth-order valence-electron chi connectivity index (χ4n) is 1.15. The predicted octanol–water partition coefficient (Wildman–Crippen LogP) is 5.21. The molecule has 1 aromatic carbocycles. The average Bonchev–Trinajstić information content (AvgIpc) is 2.26. The minimum atomic E-state index is 1.07. The molecule has 0 spiro atoms. The Hall–Kier alpha value is -0.210. The molecule has 0 atom stereocenters. The van der Waals surface area contributed by atoms with Gasteiger partial charge in [-0.05, 0) is 29.9 Å². The first-order valence-corrected chi connectivity index (χ1v) is 6.49. The number of hydrogen-bond donors (Lipinski definition) is 0. The Morgan fingerprint density at radius 3 is 2.29 bits per heavy atom. The molecule has 76 valence electrons. The van der Waals surface area contributed by atoms with Crippen LogP contribution in [0.4, 0.5) is 0 Å². The Labute approximate surface area is 98.9 Å². The van der Waals surface area contributed by atoms with E-state index < -0.39 is 0 Å². The number of benzene rings is 1. The number of halogens is 1. The molecular weight excluding hydrogens is 256 g/mol. The van der Waals surface area contributed by atoms with E-state index in [0.29, 0.717) is 0 Å². The third-order valence-electron chi connectivity index (χ3n) is 1.92. The molecule has 2 heteroatoms. The highest BCUT2D eigenvalue weighted by Crippen LogP contribution is 2.34. The summed E-state index contributed by atoms with van der Waals surface area (Å²) < 4.78 is 1.33. The summed E-state index contributed by atoms with van der Waals surface area (Å²) in [7, 11) is 0. The topological polar surface area (TPSA) is 0 Å². The number of thioether (sulfide) groups is 1. The number of allylic oxidation sites excluding steroid dienone is 2. The second-order valence-corrected chi connectivity index (χ2v) is 5.08. The first kappa shape index (κ1) is 11.9. The lowest BCUT2D eigenvalue weighted by atomic mass is 10.3. The van der Waals surface area contributed by atoms with Crippen molar-refractivity contribution in [3.05, 3.63) is 39.7 Å². The Kier molecular flexibility index (Phi) is 5.34. The van der Waals surface area contributed by atoms with Crippen molar-refractivity contribution < 1.29 is 0 Å². The molecule has 0 amide bonds. The molecule has 1 aromatic rings. The van der Waals surface area contributed by atoms with Crippen LogP contribution in [0.5, 0.6) is 0 Å². The molecule has 0 aliphatic heterocycles. The molecule has 0 bridgehead atoms. The van der Waals surface area contributed by atoms with Crippen LogP contribution >= 0.6 is 27.7 Å². The highest BCUT2D eigenvalue weighted by atomic mass is 79.9. The summed E-state index contributed by atoms with van der Waals surface area (Å²) in [4.78, 5) is 2.74. The highest BCUT2D eigenvalue weighted by Gasteiger charge is 2.02. The Morgan fingerprint density at radius 2 is 1.79 bits per heavy atom. The van der Waals surface area contributed by atoms with Crippen molar-refractivity contribution in [3.8, 4) is 0 Å². The zero-order valence-corrected chi connectivity index (χ0v) is 11.0. The van der Waals surface area contributed by atoms with Crippen LogP contribution in [-0.4, -0.2) is 0 Å². The largest absolute Gasteiger partial charge is 0.0937 e. The number of rotatable bonds is 4. The van der Waals surface area contributed by atoms with Crippen LogP contribution in [0.15, 0.2) is 44.6 Å². The summed E-state index contributed by atoms with van der Waals surface area (Å²) in [6, 6.07) is 10.5. The molecule has 0 nitrogen and oxygen atoms in total. The van der Waals surface area contributed by atoms with E-state index >= 15 is 0 Å². The maximum absolute atomic E-state index is 3.62. The van der Waals surface area contributed by atoms with E-state index in [0.717, 1.165) is 12.8 Å². The van der Waals surface area contributed by atoms with Crippen LogP contribution in [0.2, 0.25) is 0 Å². The minimum absolute atomic E-state index is 1.07. The van der Waals surface area contributed by atoms with Crippen LogP contribution in [-0.2, 0) is 0 Å². The van der Waals surface area contributed by atoms with Crippen LogP contribution in [0.3, 0.4) is 0 Å². The normalized spacial score (nSPS) is 12.5. The monoisotopic (exact) mass is 270 g/mol. The van der Waals surface area contributed by atoms with Gasteiger partial charge in [0.1, 0.15) is 0 Å². The van der Waals surface area contributed by atoms with Crippen LogP contribution in [0.25, 0.3) is 0 Å². The Balaban J connectivity index is 2.77. The lowest BCUT2D eigenvalue weighted by molar-refractivity contribution is 1.12. The zero-order valence-electron chi connectivity index (χ0n) is 8.59. The molecule has 0 aliphatic carbocycles. The van der Waals surface area contributed by atoms with Gasteiger partial charge in [-0.3, -0.25) is 0 Å². The summed E-state index contributed by atoms with van der Waals surface area (Å²) in [6.45, 7) is 4.37. The van der Waals surface area contributed by atoms with Crippen molar-refractivity contribution in [2.24, 2.45) is 0 Å². The standard InChI is InChI=1S/C12H15BrS/c1-3-11(13)12(4-2)14-10-8-6-5-7-9-10/h5-9H,3-4H2,1-2H3/b12-11+. The van der Waals surface area contributed by atoms with Gasteiger partial charge >= 0.3 is 0 Å². The van der Waals surface area contributed by atoms with E-state index in [2.05, 4.69) is 54.0 Å². The molecule has 14 heavy (non-hydrogen) atoms. The lowest BCUT2D eigenvalue weighted by Crippen LogP contribution is -1.79. The fourth-order valence-corrected chi connectivity index (χ4v) is 2.65. The van der Waals surface area contributed by atoms with Gasteiger partial charge in [0.2, 0.25) is 0 Å². The second kappa shape index (κ2) is 6.31. The summed E-state index contributed by atoms with van der Waals surface area (Å²) in [6.07, 6.45) is 2.16. The van der Waals surface area contributed by atoms with Gasteiger partial charge in [0.25, 0.3) is 0 Å².